The molecule has 0 bridgehead atoms. The highest BCUT2D eigenvalue weighted by Crippen LogP contribution is 2.09. The van der Waals surface area contributed by atoms with Crippen LogP contribution < -0.4 is 10.6 Å². The number of hydrogen-bond donors (Lipinski definition) is 4. The largest absolute Gasteiger partial charge is 0.389 e. The van der Waals surface area contributed by atoms with E-state index in [1.54, 1.807) is 6.92 Å². The van der Waals surface area contributed by atoms with Crippen molar-refractivity contribution < 1.29 is 15.0 Å². The molecule has 1 rings (SSSR count). The summed E-state index contributed by atoms with van der Waals surface area (Å²) in [5.41, 5.74) is 0. The molecule has 1 aliphatic rings. The Kier molecular flexibility index (Phi) is 3.24. The number of carbonyl (C=O) groups excluding carboxylic acids is 1. The number of aliphatic hydroxyl groups excluding tert-OH is 2. The number of aliphatic hydroxyl groups is 2. The van der Waals surface area contributed by atoms with E-state index in [1.165, 1.54) is 6.92 Å². The van der Waals surface area contributed by atoms with Crippen LogP contribution in [-0.2, 0) is 4.79 Å². The zero-order chi connectivity index (χ0) is 10.0. The van der Waals surface area contributed by atoms with E-state index >= 15 is 0 Å². The van der Waals surface area contributed by atoms with E-state index < -0.39 is 18.2 Å². The van der Waals surface area contributed by atoms with Crippen molar-refractivity contribution in [1.82, 2.24) is 10.6 Å². The summed E-state index contributed by atoms with van der Waals surface area (Å²) < 4.78 is 0. The standard InChI is InChI=1S/C8H16N2O3/c1-4-7(12)8(13)6(3-9-4)10-5(2)11/h4,6-9,12-13H,3H2,1-2H3,(H,10,11)/t4-,6+,7-,8-/m1/s1. The third-order valence-electron chi connectivity index (χ3n) is 2.32. The third kappa shape index (κ3) is 2.40. The number of rotatable bonds is 1. The van der Waals surface area contributed by atoms with Crippen LogP contribution in [0.25, 0.3) is 0 Å². The van der Waals surface area contributed by atoms with Crippen LogP contribution in [0.2, 0.25) is 0 Å². The lowest BCUT2D eigenvalue weighted by Crippen LogP contribution is -2.63. The summed E-state index contributed by atoms with van der Waals surface area (Å²) in [5.74, 6) is -0.201. The van der Waals surface area contributed by atoms with Crippen molar-refractivity contribution in [2.75, 3.05) is 6.54 Å². The zero-order valence-corrected chi connectivity index (χ0v) is 7.82. The predicted octanol–water partition coefficient (Wildman–Crippen LogP) is -1.80. The number of amides is 1. The van der Waals surface area contributed by atoms with Crippen molar-refractivity contribution in [3.8, 4) is 0 Å². The van der Waals surface area contributed by atoms with Gasteiger partial charge in [-0.2, -0.15) is 0 Å². The number of piperidine rings is 1. The van der Waals surface area contributed by atoms with Crippen LogP contribution in [0, 0.1) is 0 Å². The Morgan fingerprint density at radius 2 is 2.08 bits per heavy atom. The highest BCUT2D eigenvalue weighted by atomic mass is 16.3. The molecule has 0 saturated carbocycles. The Labute approximate surface area is 77.1 Å². The summed E-state index contributed by atoms with van der Waals surface area (Å²) in [7, 11) is 0. The molecule has 1 aliphatic heterocycles. The van der Waals surface area contributed by atoms with Gasteiger partial charge in [-0.15, -0.1) is 0 Å². The first-order chi connectivity index (χ1) is 6.02. The van der Waals surface area contributed by atoms with Gasteiger partial charge < -0.3 is 20.8 Å². The van der Waals surface area contributed by atoms with Gasteiger partial charge >= 0.3 is 0 Å². The lowest BCUT2D eigenvalue weighted by Gasteiger charge is -2.37. The van der Waals surface area contributed by atoms with Crippen LogP contribution in [0.5, 0.6) is 0 Å². The van der Waals surface area contributed by atoms with E-state index in [0.717, 1.165) is 0 Å². The molecule has 13 heavy (non-hydrogen) atoms. The summed E-state index contributed by atoms with van der Waals surface area (Å²) in [5, 5.41) is 24.6. The fraction of sp³-hybridized carbons (Fsp3) is 0.875. The van der Waals surface area contributed by atoms with Gasteiger partial charge in [0, 0.05) is 19.5 Å². The fourth-order valence-corrected chi connectivity index (χ4v) is 1.49. The summed E-state index contributed by atoms with van der Waals surface area (Å²) in [6.45, 7) is 3.66. The second kappa shape index (κ2) is 4.04. The maximum absolute atomic E-state index is 10.7. The summed E-state index contributed by atoms with van der Waals surface area (Å²) in [6, 6.07) is -0.538. The number of nitrogens with one attached hydrogen (secondary N) is 2. The lowest BCUT2D eigenvalue weighted by molar-refractivity contribution is -0.122. The molecule has 5 heteroatoms. The van der Waals surface area contributed by atoms with Crippen LogP contribution in [0.15, 0.2) is 0 Å². The molecule has 4 atom stereocenters. The molecule has 5 nitrogen and oxygen atoms in total. The van der Waals surface area contributed by atoms with Crippen molar-refractivity contribution in [2.24, 2.45) is 0 Å². The van der Waals surface area contributed by atoms with Gasteiger partial charge in [0.2, 0.25) is 5.91 Å². The first-order valence-corrected chi connectivity index (χ1v) is 4.39. The lowest BCUT2D eigenvalue weighted by atomic mass is 9.95. The van der Waals surface area contributed by atoms with Crippen LogP contribution >= 0.6 is 0 Å². The normalized spacial score (nSPS) is 40.0. The monoisotopic (exact) mass is 188 g/mol. The quantitative estimate of drug-likeness (QED) is 0.391. The van der Waals surface area contributed by atoms with Crippen molar-refractivity contribution in [3.63, 3.8) is 0 Å². The molecule has 0 spiro atoms. The minimum absolute atomic E-state index is 0.139. The average Bonchev–Trinajstić information content (AvgIpc) is 2.06. The van der Waals surface area contributed by atoms with Crippen LogP contribution in [0.4, 0.5) is 0 Å². The highest BCUT2D eigenvalue weighted by Gasteiger charge is 2.35. The van der Waals surface area contributed by atoms with Gasteiger partial charge in [0.25, 0.3) is 0 Å². The van der Waals surface area contributed by atoms with Crippen LogP contribution in [0.3, 0.4) is 0 Å². The Hall–Kier alpha value is -0.650. The van der Waals surface area contributed by atoms with E-state index in [0.29, 0.717) is 6.54 Å². The molecule has 76 valence electrons. The van der Waals surface area contributed by atoms with Gasteiger partial charge in [0.1, 0.15) is 6.10 Å². The molecule has 0 aliphatic carbocycles. The van der Waals surface area contributed by atoms with Crippen molar-refractivity contribution in [3.05, 3.63) is 0 Å². The molecule has 4 N–H and O–H groups in total. The SMILES string of the molecule is CC(=O)N[C@H]1CN[C@H](C)[C@@H](O)[C@@H]1O. The van der Waals surface area contributed by atoms with Crippen molar-refractivity contribution in [1.29, 1.82) is 0 Å². The van der Waals surface area contributed by atoms with Gasteiger partial charge in [-0.3, -0.25) is 4.79 Å². The van der Waals surface area contributed by atoms with Gasteiger partial charge in [-0.1, -0.05) is 0 Å². The predicted molar refractivity (Wildman–Crippen MR) is 47.1 cm³/mol. The number of carbonyl (C=O) groups is 1. The zero-order valence-electron chi connectivity index (χ0n) is 7.82. The Balaban J connectivity index is 2.53. The minimum Gasteiger partial charge on any atom is -0.389 e. The topological polar surface area (TPSA) is 81.6 Å². The molecule has 0 aromatic heterocycles. The molecule has 1 amide bonds. The first kappa shape index (κ1) is 10.4. The van der Waals surface area contributed by atoms with Crippen molar-refractivity contribution in [2.45, 2.75) is 38.1 Å². The summed E-state index contributed by atoms with van der Waals surface area (Å²) >= 11 is 0. The molecular weight excluding hydrogens is 172 g/mol. The molecule has 0 radical (unpaired) electrons. The van der Waals surface area contributed by atoms with E-state index in [4.69, 9.17) is 0 Å². The molecule has 1 saturated heterocycles. The fourth-order valence-electron chi connectivity index (χ4n) is 1.49. The number of hydrogen-bond acceptors (Lipinski definition) is 4. The van der Waals surface area contributed by atoms with Gasteiger partial charge in [-0.25, -0.2) is 0 Å². The average molecular weight is 188 g/mol. The first-order valence-electron chi connectivity index (χ1n) is 4.39. The van der Waals surface area contributed by atoms with E-state index in [2.05, 4.69) is 10.6 Å². The second-order valence-electron chi connectivity index (χ2n) is 3.49. The summed E-state index contributed by atoms with van der Waals surface area (Å²) in [6.07, 6.45) is -1.72. The van der Waals surface area contributed by atoms with E-state index in [1.807, 2.05) is 0 Å². The Morgan fingerprint density at radius 3 is 2.62 bits per heavy atom. The van der Waals surface area contributed by atoms with Crippen LogP contribution in [0.1, 0.15) is 13.8 Å². The Morgan fingerprint density at radius 1 is 1.46 bits per heavy atom. The van der Waals surface area contributed by atoms with Gasteiger partial charge in [0.15, 0.2) is 0 Å². The third-order valence-corrected chi connectivity index (χ3v) is 2.32. The molecule has 1 fully saturated rings. The Bertz CT molecular complexity index is 198. The van der Waals surface area contributed by atoms with Crippen LogP contribution in [-0.4, -0.2) is 47.0 Å². The molecule has 0 aromatic rings. The molecule has 0 unspecified atom stereocenters. The second-order valence-corrected chi connectivity index (χ2v) is 3.49. The van der Waals surface area contributed by atoms with E-state index in [9.17, 15) is 15.0 Å². The smallest absolute Gasteiger partial charge is 0.217 e. The highest BCUT2D eigenvalue weighted by molar-refractivity contribution is 5.73. The molecular formula is C8H16N2O3. The molecule has 1 heterocycles. The molecule has 0 aromatic carbocycles. The van der Waals surface area contributed by atoms with Gasteiger partial charge in [-0.05, 0) is 6.92 Å². The maximum atomic E-state index is 10.7. The van der Waals surface area contributed by atoms with Crippen molar-refractivity contribution >= 4 is 5.91 Å². The maximum Gasteiger partial charge on any atom is 0.217 e. The van der Waals surface area contributed by atoms with Gasteiger partial charge in [0.05, 0.1) is 12.1 Å². The minimum atomic E-state index is -0.889. The summed E-state index contributed by atoms with van der Waals surface area (Å²) in [4.78, 5) is 10.7. The van der Waals surface area contributed by atoms with E-state index in [-0.39, 0.29) is 11.9 Å².